The fourth-order valence-electron chi connectivity index (χ4n) is 1.84. The molecule has 0 atom stereocenters. The lowest BCUT2D eigenvalue weighted by molar-refractivity contribution is 0.0994. The fourth-order valence-corrected chi connectivity index (χ4v) is 1.84. The Balaban J connectivity index is 2.35. The zero-order valence-electron chi connectivity index (χ0n) is 8.76. The molecule has 1 aliphatic rings. The van der Waals surface area contributed by atoms with E-state index in [1.165, 1.54) is 0 Å². The van der Waals surface area contributed by atoms with Gasteiger partial charge in [-0.15, -0.1) is 0 Å². The van der Waals surface area contributed by atoms with E-state index in [-0.39, 0.29) is 5.78 Å². The highest BCUT2D eigenvalue weighted by Gasteiger charge is 2.20. The predicted molar refractivity (Wildman–Crippen MR) is 59.9 cm³/mol. The van der Waals surface area contributed by atoms with Gasteiger partial charge in [0.15, 0.2) is 5.78 Å². The normalized spacial score (nSPS) is 13.3. The summed E-state index contributed by atoms with van der Waals surface area (Å²) in [6.45, 7) is 0.678. The molecule has 0 bridgehead atoms. The second kappa shape index (κ2) is 4.29. The van der Waals surface area contributed by atoms with Crippen molar-refractivity contribution in [2.24, 2.45) is 0 Å². The molecule has 15 heavy (non-hydrogen) atoms. The van der Waals surface area contributed by atoms with Crippen LogP contribution in [0.25, 0.3) is 0 Å². The van der Waals surface area contributed by atoms with Crippen LogP contribution in [0, 0.1) is 11.8 Å². The molecule has 1 aliphatic carbocycles. The van der Waals surface area contributed by atoms with E-state index in [4.69, 9.17) is 0 Å². The van der Waals surface area contributed by atoms with Crippen molar-refractivity contribution >= 4 is 5.78 Å². The van der Waals surface area contributed by atoms with E-state index in [0.717, 1.165) is 23.1 Å². The predicted octanol–water partition coefficient (Wildman–Crippen LogP) is 1.39. The lowest BCUT2D eigenvalue weighted by Gasteiger charge is -1.99. The molecule has 0 spiro atoms. The maximum Gasteiger partial charge on any atom is 0.163 e. The van der Waals surface area contributed by atoms with Crippen LogP contribution in [0.5, 0.6) is 0 Å². The molecule has 0 amide bonds. The number of nitrogens with one attached hydrogen (secondary N) is 1. The molecule has 0 saturated carbocycles. The van der Waals surface area contributed by atoms with Gasteiger partial charge in [0, 0.05) is 17.5 Å². The van der Waals surface area contributed by atoms with Crippen LogP contribution in [0.1, 0.15) is 27.9 Å². The van der Waals surface area contributed by atoms with Crippen molar-refractivity contribution in [3.63, 3.8) is 0 Å². The average molecular weight is 199 g/mol. The van der Waals surface area contributed by atoms with Crippen molar-refractivity contribution in [2.45, 2.75) is 12.8 Å². The van der Waals surface area contributed by atoms with E-state index in [1.54, 1.807) is 0 Å². The number of carbonyl (C=O) groups excluding carboxylic acids is 1. The van der Waals surface area contributed by atoms with Crippen LogP contribution in [0.3, 0.4) is 0 Å². The van der Waals surface area contributed by atoms with Gasteiger partial charge >= 0.3 is 0 Å². The lowest BCUT2D eigenvalue weighted by Crippen LogP contribution is -2.04. The second-order valence-corrected chi connectivity index (χ2v) is 3.59. The van der Waals surface area contributed by atoms with Crippen molar-refractivity contribution in [3.05, 3.63) is 34.9 Å². The molecular formula is C13H13NO. The summed E-state index contributed by atoms with van der Waals surface area (Å²) in [7, 11) is 1.87. The SMILES string of the molecule is CNCC#Cc1cccc2c1CCC2=O. The van der Waals surface area contributed by atoms with Gasteiger partial charge in [0.05, 0.1) is 6.54 Å². The van der Waals surface area contributed by atoms with Gasteiger partial charge in [-0.1, -0.05) is 24.0 Å². The minimum absolute atomic E-state index is 0.252. The quantitative estimate of drug-likeness (QED) is 0.692. The molecule has 76 valence electrons. The Hall–Kier alpha value is -1.59. The molecule has 2 heteroatoms. The van der Waals surface area contributed by atoms with E-state index in [0.29, 0.717) is 13.0 Å². The third kappa shape index (κ3) is 1.93. The Morgan fingerprint density at radius 1 is 1.40 bits per heavy atom. The van der Waals surface area contributed by atoms with Gasteiger partial charge in [0.1, 0.15) is 0 Å². The second-order valence-electron chi connectivity index (χ2n) is 3.59. The third-order valence-electron chi connectivity index (χ3n) is 2.57. The molecule has 1 aromatic rings. The largest absolute Gasteiger partial charge is 0.309 e. The summed E-state index contributed by atoms with van der Waals surface area (Å²) in [5, 5.41) is 2.97. The maximum absolute atomic E-state index is 11.5. The van der Waals surface area contributed by atoms with Gasteiger partial charge in [0.2, 0.25) is 0 Å². The molecule has 0 fully saturated rings. The van der Waals surface area contributed by atoms with Crippen molar-refractivity contribution in [2.75, 3.05) is 13.6 Å². The van der Waals surface area contributed by atoms with E-state index < -0.39 is 0 Å². The fraction of sp³-hybridized carbons (Fsp3) is 0.308. The first-order chi connectivity index (χ1) is 7.33. The Bertz CT molecular complexity index is 451. The van der Waals surface area contributed by atoms with E-state index in [9.17, 15) is 4.79 Å². The van der Waals surface area contributed by atoms with Gasteiger partial charge in [-0.3, -0.25) is 4.79 Å². The minimum Gasteiger partial charge on any atom is -0.309 e. The van der Waals surface area contributed by atoms with Crippen LogP contribution in [0.2, 0.25) is 0 Å². The summed E-state index contributed by atoms with van der Waals surface area (Å²) in [6, 6.07) is 5.79. The first-order valence-corrected chi connectivity index (χ1v) is 5.11. The molecule has 1 N–H and O–H groups in total. The topological polar surface area (TPSA) is 29.1 Å². The van der Waals surface area contributed by atoms with Crippen LogP contribution < -0.4 is 5.32 Å². The summed E-state index contributed by atoms with van der Waals surface area (Å²) in [4.78, 5) is 11.5. The molecule has 1 aromatic carbocycles. The summed E-state index contributed by atoms with van der Waals surface area (Å²) < 4.78 is 0. The smallest absolute Gasteiger partial charge is 0.163 e. The minimum atomic E-state index is 0.252. The summed E-state index contributed by atoms with van der Waals surface area (Å²) >= 11 is 0. The van der Waals surface area contributed by atoms with Crippen LogP contribution in [-0.4, -0.2) is 19.4 Å². The van der Waals surface area contributed by atoms with Gasteiger partial charge < -0.3 is 5.32 Å². The zero-order chi connectivity index (χ0) is 10.7. The number of carbonyl (C=O) groups is 1. The van der Waals surface area contributed by atoms with Crippen molar-refractivity contribution in [1.82, 2.24) is 5.32 Å². The molecule has 0 unspecified atom stereocenters. The van der Waals surface area contributed by atoms with E-state index in [1.807, 2.05) is 25.2 Å². The number of Topliss-reactive ketones (excluding diaryl/α,β-unsaturated/α-hetero) is 1. The van der Waals surface area contributed by atoms with Crippen molar-refractivity contribution in [1.29, 1.82) is 0 Å². The Morgan fingerprint density at radius 2 is 2.27 bits per heavy atom. The van der Waals surface area contributed by atoms with Gasteiger partial charge in [-0.2, -0.15) is 0 Å². The Labute approximate surface area is 89.7 Å². The standard InChI is InChI=1S/C13H13NO/c1-14-9-3-5-10-4-2-6-12-11(10)7-8-13(12)15/h2,4,6,14H,7-9H2,1H3. The Kier molecular flexibility index (Phi) is 2.84. The van der Waals surface area contributed by atoms with E-state index in [2.05, 4.69) is 17.2 Å². The first kappa shape index (κ1) is 9.95. The monoisotopic (exact) mass is 199 g/mol. The highest BCUT2D eigenvalue weighted by atomic mass is 16.1. The van der Waals surface area contributed by atoms with Gasteiger partial charge in [-0.25, -0.2) is 0 Å². The molecule has 0 radical (unpaired) electrons. The maximum atomic E-state index is 11.5. The molecular weight excluding hydrogens is 186 g/mol. The molecule has 0 saturated heterocycles. The number of rotatable bonds is 1. The van der Waals surface area contributed by atoms with Gasteiger partial charge in [-0.05, 0) is 25.1 Å². The van der Waals surface area contributed by atoms with Gasteiger partial charge in [0.25, 0.3) is 0 Å². The number of hydrogen-bond acceptors (Lipinski definition) is 2. The highest BCUT2D eigenvalue weighted by Crippen LogP contribution is 2.24. The van der Waals surface area contributed by atoms with Crippen LogP contribution >= 0.6 is 0 Å². The summed E-state index contributed by atoms with van der Waals surface area (Å²) in [5.74, 6) is 6.38. The number of ketones is 1. The van der Waals surface area contributed by atoms with Crippen molar-refractivity contribution in [3.8, 4) is 11.8 Å². The Morgan fingerprint density at radius 3 is 3.07 bits per heavy atom. The third-order valence-corrected chi connectivity index (χ3v) is 2.57. The molecule has 2 rings (SSSR count). The molecule has 0 aliphatic heterocycles. The first-order valence-electron chi connectivity index (χ1n) is 5.11. The summed E-state index contributed by atoms with van der Waals surface area (Å²) in [6.07, 6.45) is 1.48. The van der Waals surface area contributed by atoms with Crippen LogP contribution in [-0.2, 0) is 6.42 Å². The zero-order valence-corrected chi connectivity index (χ0v) is 8.76. The molecule has 0 aromatic heterocycles. The number of benzene rings is 1. The van der Waals surface area contributed by atoms with Crippen LogP contribution in [0.15, 0.2) is 18.2 Å². The number of fused-ring (bicyclic) bond motifs is 1. The lowest BCUT2D eigenvalue weighted by atomic mass is 10.0. The average Bonchev–Trinajstić information content (AvgIpc) is 2.62. The summed E-state index contributed by atoms with van der Waals surface area (Å²) in [5.41, 5.74) is 3.01. The van der Waals surface area contributed by atoms with Crippen LogP contribution in [0.4, 0.5) is 0 Å². The molecule has 0 heterocycles. The highest BCUT2D eigenvalue weighted by molar-refractivity contribution is 6.01. The molecule has 2 nitrogen and oxygen atoms in total. The van der Waals surface area contributed by atoms with E-state index >= 15 is 0 Å². The van der Waals surface area contributed by atoms with Crippen molar-refractivity contribution < 1.29 is 4.79 Å². The number of hydrogen-bond donors (Lipinski definition) is 1.